The first kappa shape index (κ1) is 17.0. The van der Waals surface area contributed by atoms with Crippen molar-refractivity contribution >= 4 is 28.5 Å². The topological polar surface area (TPSA) is 59.8 Å². The van der Waals surface area contributed by atoms with Crippen LogP contribution in [0.4, 0.5) is 0 Å². The Labute approximate surface area is 149 Å². The van der Waals surface area contributed by atoms with Gasteiger partial charge < -0.3 is 14.1 Å². The van der Waals surface area contributed by atoms with Gasteiger partial charge in [0.25, 0.3) is 5.91 Å². The van der Waals surface area contributed by atoms with E-state index in [9.17, 15) is 9.59 Å². The molecule has 0 unspecified atom stereocenters. The molecule has 0 atom stereocenters. The summed E-state index contributed by atoms with van der Waals surface area (Å²) >= 11 is 5.95. The maximum absolute atomic E-state index is 12.2. The van der Waals surface area contributed by atoms with E-state index in [0.717, 1.165) is 10.9 Å². The van der Waals surface area contributed by atoms with E-state index in [1.54, 1.807) is 42.3 Å². The van der Waals surface area contributed by atoms with Crippen LogP contribution in [0.15, 0.2) is 63.8 Å². The second-order valence-corrected chi connectivity index (χ2v) is 6.06. The Hall–Kier alpha value is -2.79. The van der Waals surface area contributed by atoms with Crippen LogP contribution < -0.4 is 10.4 Å². The zero-order valence-electron chi connectivity index (χ0n) is 13.6. The molecule has 0 aliphatic heterocycles. The van der Waals surface area contributed by atoms with Crippen LogP contribution in [0, 0.1) is 0 Å². The van der Waals surface area contributed by atoms with Crippen LogP contribution in [0.25, 0.3) is 11.0 Å². The Morgan fingerprint density at radius 2 is 1.96 bits per heavy atom. The highest BCUT2D eigenvalue weighted by Gasteiger charge is 2.11. The molecule has 0 bridgehead atoms. The molecule has 1 heterocycles. The zero-order valence-corrected chi connectivity index (χ0v) is 14.3. The number of fused-ring (bicyclic) bond motifs is 1. The average molecular weight is 358 g/mol. The van der Waals surface area contributed by atoms with Crippen LogP contribution in [0.5, 0.6) is 5.75 Å². The number of rotatable bonds is 5. The summed E-state index contributed by atoms with van der Waals surface area (Å²) < 4.78 is 10.6. The number of hydrogen-bond acceptors (Lipinski definition) is 4. The SMILES string of the molecule is CN(Cc1cccc(Cl)c1)C(=O)COc1ccc2ccc(=O)oc2c1. The maximum atomic E-state index is 12.2. The fourth-order valence-electron chi connectivity index (χ4n) is 2.38. The van der Waals surface area contributed by atoms with Gasteiger partial charge in [0, 0.05) is 36.1 Å². The summed E-state index contributed by atoms with van der Waals surface area (Å²) in [5, 5.41) is 1.42. The van der Waals surface area contributed by atoms with Crippen molar-refractivity contribution in [3.63, 3.8) is 0 Å². The Kier molecular flexibility index (Phi) is 5.05. The van der Waals surface area contributed by atoms with Gasteiger partial charge in [-0.1, -0.05) is 23.7 Å². The lowest BCUT2D eigenvalue weighted by Crippen LogP contribution is -2.30. The quantitative estimate of drug-likeness (QED) is 0.656. The first-order valence-electron chi connectivity index (χ1n) is 7.66. The summed E-state index contributed by atoms with van der Waals surface area (Å²) in [4.78, 5) is 25.1. The molecule has 25 heavy (non-hydrogen) atoms. The number of nitrogens with zero attached hydrogens (tertiary/aromatic N) is 1. The highest BCUT2D eigenvalue weighted by Crippen LogP contribution is 2.19. The Balaban J connectivity index is 1.62. The van der Waals surface area contributed by atoms with Crippen LogP contribution in [-0.2, 0) is 11.3 Å². The molecule has 0 aliphatic carbocycles. The first-order chi connectivity index (χ1) is 12.0. The summed E-state index contributed by atoms with van der Waals surface area (Å²) in [5.74, 6) is 0.293. The van der Waals surface area contributed by atoms with Gasteiger partial charge in [0.15, 0.2) is 6.61 Å². The van der Waals surface area contributed by atoms with Crippen molar-refractivity contribution in [2.24, 2.45) is 0 Å². The van der Waals surface area contributed by atoms with Gasteiger partial charge in [-0.2, -0.15) is 0 Å². The lowest BCUT2D eigenvalue weighted by atomic mass is 10.2. The van der Waals surface area contributed by atoms with Gasteiger partial charge in [-0.3, -0.25) is 4.79 Å². The van der Waals surface area contributed by atoms with Crippen molar-refractivity contribution in [1.29, 1.82) is 0 Å². The van der Waals surface area contributed by atoms with E-state index in [0.29, 0.717) is 22.9 Å². The summed E-state index contributed by atoms with van der Waals surface area (Å²) in [7, 11) is 1.70. The summed E-state index contributed by atoms with van der Waals surface area (Å²) in [5.41, 5.74) is 0.933. The minimum Gasteiger partial charge on any atom is -0.484 e. The van der Waals surface area contributed by atoms with Crippen LogP contribution in [0.2, 0.25) is 5.02 Å². The molecule has 3 aromatic rings. The monoisotopic (exact) mass is 357 g/mol. The fourth-order valence-corrected chi connectivity index (χ4v) is 2.60. The fraction of sp³-hybridized carbons (Fsp3) is 0.158. The number of ether oxygens (including phenoxy) is 1. The molecule has 1 aromatic heterocycles. The van der Waals surface area contributed by atoms with Gasteiger partial charge in [0.1, 0.15) is 11.3 Å². The lowest BCUT2D eigenvalue weighted by molar-refractivity contribution is -0.132. The van der Waals surface area contributed by atoms with Crippen molar-refractivity contribution in [3.05, 3.63) is 75.6 Å². The molecule has 0 radical (unpaired) electrons. The van der Waals surface area contributed by atoms with Crippen molar-refractivity contribution in [3.8, 4) is 5.75 Å². The van der Waals surface area contributed by atoms with Gasteiger partial charge in [0.05, 0.1) is 0 Å². The summed E-state index contributed by atoms with van der Waals surface area (Å²) in [6.07, 6.45) is 0. The standard InChI is InChI=1S/C19H16ClNO4/c1-21(11-13-3-2-4-15(20)9-13)18(22)12-24-16-7-5-14-6-8-19(23)25-17(14)10-16/h2-10H,11-12H2,1H3. The molecule has 0 N–H and O–H groups in total. The second kappa shape index (κ2) is 7.40. The third-order valence-electron chi connectivity index (χ3n) is 3.69. The van der Waals surface area contributed by atoms with E-state index >= 15 is 0 Å². The molecule has 0 saturated carbocycles. The zero-order chi connectivity index (χ0) is 17.8. The van der Waals surface area contributed by atoms with Crippen molar-refractivity contribution in [1.82, 2.24) is 4.90 Å². The molecular formula is C19H16ClNO4. The van der Waals surface area contributed by atoms with Gasteiger partial charge in [-0.25, -0.2) is 4.79 Å². The number of benzene rings is 2. The minimum atomic E-state index is -0.429. The molecular weight excluding hydrogens is 342 g/mol. The Morgan fingerprint density at radius 3 is 2.76 bits per heavy atom. The predicted octanol–water partition coefficient (Wildman–Crippen LogP) is 3.48. The smallest absolute Gasteiger partial charge is 0.336 e. The normalized spacial score (nSPS) is 10.6. The van der Waals surface area contributed by atoms with E-state index in [1.807, 2.05) is 18.2 Å². The highest BCUT2D eigenvalue weighted by atomic mass is 35.5. The van der Waals surface area contributed by atoms with Crippen LogP contribution in [0.3, 0.4) is 0 Å². The van der Waals surface area contributed by atoms with E-state index in [-0.39, 0.29) is 12.5 Å². The molecule has 128 valence electrons. The maximum Gasteiger partial charge on any atom is 0.336 e. The summed E-state index contributed by atoms with van der Waals surface area (Å²) in [6, 6.07) is 15.5. The van der Waals surface area contributed by atoms with Crippen molar-refractivity contribution < 1.29 is 13.9 Å². The van der Waals surface area contributed by atoms with Crippen molar-refractivity contribution in [2.75, 3.05) is 13.7 Å². The predicted molar refractivity (Wildman–Crippen MR) is 95.9 cm³/mol. The molecule has 1 amide bonds. The number of amides is 1. The molecule has 0 saturated heterocycles. The molecule has 0 spiro atoms. The minimum absolute atomic E-state index is 0.111. The van der Waals surface area contributed by atoms with Gasteiger partial charge in [-0.05, 0) is 35.9 Å². The lowest BCUT2D eigenvalue weighted by Gasteiger charge is -2.17. The number of carbonyl (C=O) groups is 1. The van der Waals surface area contributed by atoms with E-state index in [2.05, 4.69) is 0 Å². The largest absolute Gasteiger partial charge is 0.484 e. The molecule has 2 aromatic carbocycles. The molecule has 3 rings (SSSR count). The highest BCUT2D eigenvalue weighted by molar-refractivity contribution is 6.30. The van der Waals surface area contributed by atoms with Crippen LogP contribution in [-0.4, -0.2) is 24.5 Å². The molecule has 0 fully saturated rings. The second-order valence-electron chi connectivity index (χ2n) is 5.62. The third kappa shape index (κ3) is 4.39. The van der Waals surface area contributed by atoms with Crippen LogP contribution in [0.1, 0.15) is 5.56 Å². The number of likely N-dealkylation sites (N-methyl/N-ethyl adjacent to an activating group) is 1. The average Bonchev–Trinajstić information content (AvgIpc) is 2.59. The Morgan fingerprint density at radius 1 is 1.16 bits per heavy atom. The van der Waals surface area contributed by atoms with E-state index in [1.165, 1.54) is 6.07 Å². The third-order valence-corrected chi connectivity index (χ3v) is 3.93. The summed E-state index contributed by atoms with van der Waals surface area (Å²) in [6.45, 7) is 0.328. The van der Waals surface area contributed by atoms with Gasteiger partial charge >= 0.3 is 5.63 Å². The number of halogens is 1. The Bertz CT molecular complexity index is 967. The number of carbonyl (C=O) groups excluding carboxylic acids is 1. The van der Waals surface area contributed by atoms with E-state index in [4.69, 9.17) is 20.8 Å². The van der Waals surface area contributed by atoms with E-state index < -0.39 is 5.63 Å². The molecule has 0 aliphatic rings. The first-order valence-corrected chi connectivity index (χ1v) is 8.04. The molecule has 5 nitrogen and oxygen atoms in total. The van der Waals surface area contributed by atoms with Crippen LogP contribution >= 0.6 is 11.6 Å². The van der Waals surface area contributed by atoms with Gasteiger partial charge in [-0.15, -0.1) is 0 Å². The van der Waals surface area contributed by atoms with Gasteiger partial charge in [0.2, 0.25) is 0 Å². The van der Waals surface area contributed by atoms with Crippen molar-refractivity contribution in [2.45, 2.75) is 6.54 Å². The molecule has 6 heteroatoms. The number of hydrogen-bond donors (Lipinski definition) is 0.